The first kappa shape index (κ1) is 8.97. The van der Waals surface area contributed by atoms with Crippen molar-refractivity contribution in [1.29, 1.82) is 0 Å². The van der Waals surface area contributed by atoms with Gasteiger partial charge in [-0.25, -0.2) is 9.97 Å². The Morgan fingerprint density at radius 3 is 3.07 bits per heavy atom. The zero-order valence-electron chi connectivity index (χ0n) is 7.73. The molecule has 1 aromatic heterocycles. The molecule has 1 atom stereocenters. The van der Waals surface area contributed by atoms with Crippen LogP contribution in [0.25, 0.3) is 0 Å². The van der Waals surface area contributed by atoms with E-state index in [1.54, 1.807) is 12.4 Å². The lowest BCUT2D eigenvalue weighted by Crippen LogP contribution is -2.20. The van der Waals surface area contributed by atoms with Crippen molar-refractivity contribution in [3.8, 4) is 18.2 Å². The van der Waals surface area contributed by atoms with Crippen molar-refractivity contribution >= 4 is 0 Å². The fourth-order valence-electron chi connectivity index (χ4n) is 1.40. The van der Waals surface area contributed by atoms with E-state index >= 15 is 0 Å². The first-order valence-electron chi connectivity index (χ1n) is 4.55. The number of nitrogens with one attached hydrogen (secondary N) is 1. The van der Waals surface area contributed by atoms with E-state index < -0.39 is 0 Å². The Balaban J connectivity index is 2.11. The summed E-state index contributed by atoms with van der Waals surface area (Å²) in [6, 6.07) is 0. The molecule has 0 bridgehead atoms. The molecule has 1 aliphatic heterocycles. The van der Waals surface area contributed by atoms with E-state index in [0.717, 1.165) is 19.5 Å². The number of nitrogens with zero attached hydrogens (tertiary/aromatic N) is 2. The molecule has 0 spiro atoms. The molecule has 1 saturated heterocycles. The quantitative estimate of drug-likeness (QED) is 0.675. The van der Waals surface area contributed by atoms with Crippen LogP contribution in [0.3, 0.4) is 0 Å². The number of hydrogen-bond acceptors (Lipinski definition) is 4. The lowest BCUT2D eigenvalue weighted by molar-refractivity contribution is 0.212. The first-order chi connectivity index (χ1) is 6.90. The Morgan fingerprint density at radius 1 is 1.50 bits per heavy atom. The summed E-state index contributed by atoms with van der Waals surface area (Å²) in [5.74, 6) is 2.91. The van der Waals surface area contributed by atoms with Gasteiger partial charge >= 0.3 is 0 Å². The number of hydrogen-bond donors (Lipinski definition) is 1. The largest absolute Gasteiger partial charge is 0.471 e. The second-order valence-corrected chi connectivity index (χ2v) is 3.09. The van der Waals surface area contributed by atoms with Crippen molar-refractivity contribution in [3.63, 3.8) is 0 Å². The highest BCUT2D eigenvalue weighted by Crippen LogP contribution is 2.14. The van der Waals surface area contributed by atoms with Crippen LogP contribution in [0.1, 0.15) is 12.1 Å². The Morgan fingerprint density at radius 2 is 2.36 bits per heavy atom. The number of ether oxygens (including phenoxy) is 1. The average molecular weight is 189 g/mol. The molecule has 2 rings (SSSR count). The molecule has 4 nitrogen and oxygen atoms in total. The van der Waals surface area contributed by atoms with Gasteiger partial charge in [0.15, 0.2) is 5.69 Å². The standard InChI is InChI=1S/C10H11N3O/c1-2-9-10(13-6-5-12-9)14-8-3-4-11-7-8/h1,5-6,8,11H,3-4,7H2. The minimum Gasteiger partial charge on any atom is -0.471 e. The first-order valence-corrected chi connectivity index (χ1v) is 4.55. The zero-order chi connectivity index (χ0) is 9.80. The van der Waals surface area contributed by atoms with E-state index in [2.05, 4.69) is 21.2 Å². The summed E-state index contributed by atoms with van der Waals surface area (Å²) in [5, 5.41) is 3.21. The molecule has 1 unspecified atom stereocenters. The normalized spacial score (nSPS) is 20.4. The maximum Gasteiger partial charge on any atom is 0.249 e. The van der Waals surface area contributed by atoms with Gasteiger partial charge in [-0.1, -0.05) is 0 Å². The fraction of sp³-hybridized carbons (Fsp3) is 0.400. The molecule has 0 aromatic carbocycles. The van der Waals surface area contributed by atoms with E-state index in [1.807, 2.05) is 0 Å². The fourth-order valence-corrected chi connectivity index (χ4v) is 1.40. The van der Waals surface area contributed by atoms with Crippen molar-refractivity contribution in [2.75, 3.05) is 13.1 Å². The van der Waals surface area contributed by atoms with Gasteiger partial charge in [-0.15, -0.1) is 6.42 Å². The van der Waals surface area contributed by atoms with Crippen LogP contribution in [0.2, 0.25) is 0 Å². The van der Waals surface area contributed by atoms with E-state index in [-0.39, 0.29) is 6.10 Å². The van der Waals surface area contributed by atoms with Crippen molar-refractivity contribution < 1.29 is 4.74 Å². The minimum atomic E-state index is 0.166. The van der Waals surface area contributed by atoms with E-state index in [4.69, 9.17) is 11.2 Å². The molecule has 0 aliphatic carbocycles. The molecule has 1 aliphatic rings. The zero-order valence-corrected chi connectivity index (χ0v) is 7.73. The molecule has 1 aromatic rings. The Labute approximate surface area is 82.7 Å². The molecule has 1 N–H and O–H groups in total. The molecule has 0 saturated carbocycles. The van der Waals surface area contributed by atoms with Gasteiger partial charge in [-0.3, -0.25) is 0 Å². The molecule has 14 heavy (non-hydrogen) atoms. The van der Waals surface area contributed by atoms with Crippen molar-refractivity contribution in [3.05, 3.63) is 18.1 Å². The van der Waals surface area contributed by atoms with Crippen LogP contribution >= 0.6 is 0 Å². The molecule has 72 valence electrons. The number of aromatic nitrogens is 2. The Hall–Kier alpha value is -1.60. The van der Waals surface area contributed by atoms with Crippen molar-refractivity contribution in [1.82, 2.24) is 15.3 Å². The Bertz CT molecular complexity index is 353. The van der Waals surface area contributed by atoms with Crippen LogP contribution < -0.4 is 10.1 Å². The van der Waals surface area contributed by atoms with Gasteiger partial charge in [-0.2, -0.15) is 0 Å². The highest BCUT2D eigenvalue weighted by molar-refractivity contribution is 5.33. The second kappa shape index (κ2) is 4.07. The lowest BCUT2D eigenvalue weighted by atomic mass is 10.3. The Kier molecular flexibility index (Phi) is 2.61. The van der Waals surface area contributed by atoms with Gasteiger partial charge in [0, 0.05) is 18.9 Å². The second-order valence-electron chi connectivity index (χ2n) is 3.09. The smallest absolute Gasteiger partial charge is 0.249 e. The van der Waals surface area contributed by atoms with Gasteiger partial charge in [0.1, 0.15) is 6.10 Å². The van der Waals surface area contributed by atoms with Crippen LogP contribution in [0, 0.1) is 12.3 Å². The summed E-state index contributed by atoms with van der Waals surface area (Å²) in [4.78, 5) is 8.05. The summed E-state index contributed by atoms with van der Waals surface area (Å²) in [6.45, 7) is 1.83. The number of rotatable bonds is 2. The van der Waals surface area contributed by atoms with Crippen LogP contribution in [-0.2, 0) is 0 Å². The van der Waals surface area contributed by atoms with E-state index in [0.29, 0.717) is 11.6 Å². The van der Waals surface area contributed by atoms with Crippen LogP contribution in [0.15, 0.2) is 12.4 Å². The van der Waals surface area contributed by atoms with Gasteiger partial charge in [-0.05, 0) is 18.9 Å². The summed E-state index contributed by atoms with van der Waals surface area (Å²) in [6.07, 6.45) is 9.58. The molecule has 0 radical (unpaired) electrons. The molecular formula is C10H11N3O. The van der Waals surface area contributed by atoms with Gasteiger partial charge in [0.25, 0.3) is 0 Å². The summed E-state index contributed by atoms with van der Waals surface area (Å²) in [5.41, 5.74) is 0.472. The molecule has 0 amide bonds. The predicted octanol–water partition coefficient (Wildman–Crippen LogP) is 0.199. The van der Waals surface area contributed by atoms with Crippen molar-refractivity contribution in [2.45, 2.75) is 12.5 Å². The lowest BCUT2D eigenvalue weighted by Gasteiger charge is -2.11. The van der Waals surface area contributed by atoms with E-state index in [1.165, 1.54) is 0 Å². The topological polar surface area (TPSA) is 47.0 Å². The van der Waals surface area contributed by atoms with Gasteiger partial charge in [0.05, 0.1) is 0 Å². The minimum absolute atomic E-state index is 0.166. The molecule has 2 heterocycles. The summed E-state index contributed by atoms with van der Waals surface area (Å²) >= 11 is 0. The maximum atomic E-state index is 5.62. The SMILES string of the molecule is C#Cc1nccnc1OC1CCNC1. The predicted molar refractivity (Wildman–Crippen MR) is 51.9 cm³/mol. The van der Waals surface area contributed by atoms with Crippen LogP contribution in [-0.4, -0.2) is 29.2 Å². The van der Waals surface area contributed by atoms with Crippen molar-refractivity contribution in [2.24, 2.45) is 0 Å². The van der Waals surface area contributed by atoms with E-state index in [9.17, 15) is 0 Å². The maximum absolute atomic E-state index is 5.62. The average Bonchev–Trinajstić information content (AvgIpc) is 2.71. The third kappa shape index (κ3) is 1.83. The summed E-state index contributed by atoms with van der Waals surface area (Å²) in [7, 11) is 0. The van der Waals surface area contributed by atoms with Gasteiger partial charge in [0.2, 0.25) is 5.88 Å². The third-order valence-corrected chi connectivity index (χ3v) is 2.09. The van der Waals surface area contributed by atoms with Crippen LogP contribution in [0.4, 0.5) is 0 Å². The number of terminal acetylenes is 1. The van der Waals surface area contributed by atoms with Crippen LogP contribution in [0.5, 0.6) is 5.88 Å². The highest BCUT2D eigenvalue weighted by Gasteiger charge is 2.17. The molecular weight excluding hydrogens is 178 g/mol. The van der Waals surface area contributed by atoms with Gasteiger partial charge < -0.3 is 10.1 Å². The monoisotopic (exact) mass is 189 g/mol. The molecule has 4 heteroatoms. The summed E-state index contributed by atoms with van der Waals surface area (Å²) < 4.78 is 5.62. The third-order valence-electron chi connectivity index (χ3n) is 2.09. The molecule has 1 fully saturated rings. The highest BCUT2D eigenvalue weighted by atomic mass is 16.5.